The first-order valence-electron chi connectivity index (χ1n) is 7.04. The van der Waals surface area contributed by atoms with Crippen LogP contribution in [0.25, 0.3) is 0 Å². The molecule has 100 valence electrons. The third-order valence-corrected chi connectivity index (χ3v) is 4.41. The predicted molar refractivity (Wildman–Crippen MR) is 71.2 cm³/mol. The average molecular weight is 240 g/mol. The molecule has 3 heteroatoms. The van der Waals surface area contributed by atoms with Gasteiger partial charge in [0.2, 0.25) is 0 Å². The largest absolute Gasteiger partial charge is 0.383 e. The molecule has 0 bridgehead atoms. The molecule has 0 aromatic heterocycles. The van der Waals surface area contributed by atoms with Crippen LogP contribution in [0.4, 0.5) is 0 Å². The van der Waals surface area contributed by atoms with Crippen molar-refractivity contribution in [2.45, 2.75) is 38.1 Å². The van der Waals surface area contributed by atoms with Crippen LogP contribution in [0.2, 0.25) is 0 Å². The number of piperidine rings is 1. The summed E-state index contributed by atoms with van der Waals surface area (Å²) in [5, 5.41) is 3.65. The number of nitrogens with one attached hydrogen (secondary N) is 1. The van der Waals surface area contributed by atoms with Gasteiger partial charge in [0.05, 0.1) is 6.61 Å². The van der Waals surface area contributed by atoms with E-state index in [1.165, 1.54) is 45.3 Å². The smallest absolute Gasteiger partial charge is 0.0641 e. The number of hydrogen-bond acceptors (Lipinski definition) is 3. The second-order valence-electron chi connectivity index (χ2n) is 6.45. The van der Waals surface area contributed by atoms with Crippen molar-refractivity contribution in [3.63, 3.8) is 0 Å². The van der Waals surface area contributed by atoms with E-state index in [1.807, 2.05) is 0 Å². The standard InChI is InChI=1S/C14H28N2O/c1-14(11-17-3)8-13(9-15-14)7-12-5-4-6-16(2)10-12/h12-13,15H,4-11H2,1-3H3. The first-order chi connectivity index (χ1) is 8.11. The fourth-order valence-corrected chi connectivity index (χ4v) is 3.70. The Labute approximate surface area is 106 Å². The number of likely N-dealkylation sites (tertiary alicyclic amines) is 1. The monoisotopic (exact) mass is 240 g/mol. The molecule has 2 rings (SSSR count). The van der Waals surface area contributed by atoms with Crippen molar-refractivity contribution in [2.75, 3.05) is 40.4 Å². The molecule has 3 atom stereocenters. The molecule has 2 aliphatic rings. The van der Waals surface area contributed by atoms with Gasteiger partial charge < -0.3 is 15.0 Å². The fourth-order valence-electron chi connectivity index (χ4n) is 3.70. The van der Waals surface area contributed by atoms with Crippen molar-refractivity contribution in [3.8, 4) is 0 Å². The van der Waals surface area contributed by atoms with E-state index in [4.69, 9.17) is 4.74 Å². The van der Waals surface area contributed by atoms with Crippen LogP contribution in [0.5, 0.6) is 0 Å². The number of rotatable bonds is 4. The molecule has 0 aromatic rings. The number of methoxy groups -OCH3 is 1. The summed E-state index contributed by atoms with van der Waals surface area (Å²) in [6, 6.07) is 0. The van der Waals surface area contributed by atoms with Crippen molar-refractivity contribution in [1.29, 1.82) is 0 Å². The minimum Gasteiger partial charge on any atom is -0.383 e. The van der Waals surface area contributed by atoms with E-state index in [1.54, 1.807) is 7.11 Å². The lowest BCUT2D eigenvalue weighted by Gasteiger charge is -2.31. The highest BCUT2D eigenvalue weighted by Crippen LogP contribution is 2.31. The Kier molecular flexibility index (Phi) is 4.45. The van der Waals surface area contributed by atoms with Crippen LogP contribution in [0.1, 0.15) is 32.6 Å². The minimum absolute atomic E-state index is 0.222. The molecule has 2 saturated heterocycles. The quantitative estimate of drug-likeness (QED) is 0.810. The molecular formula is C14H28N2O. The van der Waals surface area contributed by atoms with Gasteiger partial charge in [0.1, 0.15) is 0 Å². The van der Waals surface area contributed by atoms with E-state index in [-0.39, 0.29) is 5.54 Å². The van der Waals surface area contributed by atoms with E-state index >= 15 is 0 Å². The van der Waals surface area contributed by atoms with Gasteiger partial charge in [0, 0.05) is 19.2 Å². The normalized spacial score (nSPS) is 39.7. The van der Waals surface area contributed by atoms with E-state index in [9.17, 15) is 0 Å². The van der Waals surface area contributed by atoms with Crippen molar-refractivity contribution in [2.24, 2.45) is 11.8 Å². The highest BCUT2D eigenvalue weighted by molar-refractivity contribution is 4.94. The molecule has 1 N–H and O–H groups in total. The molecular weight excluding hydrogens is 212 g/mol. The molecule has 3 unspecified atom stereocenters. The van der Waals surface area contributed by atoms with Crippen LogP contribution < -0.4 is 5.32 Å². The molecule has 0 saturated carbocycles. The Morgan fingerprint density at radius 1 is 1.41 bits per heavy atom. The number of ether oxygens (including phenoxy) is 1. The molecule has 2 heterocycles. The zero-order valence-electron chi connectivity index (χ0n) is 11.7. The molecule has 2 fully saturated rings. The molecule has 0 amide bonds. The van der Waals surface area contributed by atoms with Crippen LogP contribution in [-0.2, 0) is 4.74 Å². The number of hydrogen-bond donors (Lipinski definition) is 1. The summed E-state index contributed by atoms with van der Waals surface area (Å²) >= 11 is 0. The topological polar surface area (TPSA) is 24.5 Å². The van der Waals surface area contributed by atoms with Gasteiger partial charge in [-0.25, -0.2) is 0 Å². The van der Waals surface area contributed by atoms with Crippen LogP contribution >= 0.6 is 0 Å². The summed E-state index contributed by atoms with van der Waals surface area (Å²) in [5.41, 5.74) is 0.222. The Morgan fingerprint density at radius 2 is 2.24 bits per heavy atom. The van der Waals surface area contributed by atoms with E-state index < -0.39 is 0 Å². The van der Waals surface area contributed by atoms with Gasteiger partial charge in [-0.2, -0.15) is 0 Å². The minimum atomic E-state index is 0.222. The highest BCUT2D eigenvalue weighted by Gasteiger charge is 2.35. The highest BCUT2D eigenvalue weighted by atomic mass is 16.5. The molecule has 17 heavy (non-hydrogen) atoms. The lowest BCUT2D eigenvalue weighted by atomic mass is 9.85. The van der Waals surface area contributed by atoms with E-state index in [0.29, 0.717) is 0 Å². The molecule has 0 aromatic carbocycles. The third kappa shape index (κ3) is 3.67. The van der Waals surface area contributed by atoms with E-state index in [2.05, 4.69) is 24.2 Å². The first-order valence-corrected chi connectivity index (χ1v) is 7.04. The van der Waals surface area contributed by atoms with Crippen LogP contribution in [0.3, 0.4) is 0 Å². The molecule has 0 aliphatic carbocycles. The van der Waals surface area contributed by atoms with Crippen molar-refractivity contribution in [3.05, 3.63) is 0 Å². The number of nitrogens with zero attached hydrogens (tertiary/aromatic N) is 1. The Balaban J connectivity index is 1.77. The Hall–Kier alpha value is -0.120. The van der Waals surface area contributed by atoms with Gasteiger partial charge in [-0.3, -0.25) is 0 Å². The second-order valence-corrected chi connectivity index (χ2v) is 6.45. The maximum atomic E-state index is 5.31. The van der Waals surface area contributed by atoms with Gasteiger partial charge in [-0.05, 0) is 64.6 Å². The summed E-state index contributed by atoms with van der Waals surface area (Å²) in [5.74, 6) is 1.78. The summed E-state index contributed by atoms with van der Waals surface area (Å²) in [4.78, 5) is 2.49. The van der Waals surface area contributed by atoms with Crippen LogP contribution in [-0.4, -0.2) is 50.8 Å². The van der Waals surface area contributed by atoms with Gasteiger partial charge in [-0.1, -0.05) is 0 Å². The van der Waals surface area contributed by atoms with E-state index in [0.717, 1.165) is 18.4 Å². The fraction of sp³-hybridized carbons (Fsp3) is 1.00. The van der Waals surface area contributed by atoms with Gasteiger partial charge >= 0.3 is 0 Å². The summed E-state index contributed by atoms with van der Waals surface area (Å²) in [6.07, 6.45) is 5.50. The molecule has 3 nitrogen and oxygen atoms in total. The summed E-state index contributed by atoms with van der Waals surface area (Å²) in [6.45, 7) is 6.91. The van der Waals surface area contributed by atoms with Gasteiger partial charge in [-0.15, -0.1) is 0 Å². The zero-order chi connectivity index (χ0) is 12.3. The molecule has 0 radical (unpaired) electrons. The van der Waals surface area contributed by atoms with Crippen molar-refractivity contribution in [1.82, 2.24) is 10.2 Å². The van der Waals surface area contributed by atoms with Crippen LogP contribution in [0.15, 0.2) is 0 Å². The molecule has 2 aliphatic heterocycles. The third-order valence-electron chi connectivity index (χ3n) is 4.41. The zero-order valence-corrected chi connectivity index (χ0v) is 11.7. The van der Waals surface area contributed by atoms with Crippen molar-refractivity contribution >= 4 is 0 Å². The Bertz CT molecular complexity index is 246. The van der Waals surface area contributed by atoms with Gasteiger partial charge in [0.15, 0.2) is 0 Å². The lowest BCUT2D eigenvalue weighted by molar-refractivity contribution is 0.126. The van der Waals surface area contributed by atoms with Crippen LogP contribution in [0, 0.1) is 11.8 Å². The average Bonchev–Trinajstić information content (AvgIpc) is 2.60. The second kappa shape index (κ2) is 5.68. The Morgan fingerprint density at radius 3 is 2.94 bits per heavy atom. The molecule has 0 spiro atoms. The summed E-state index contributed by atoms with van der Waals surface area (Å²) < 4.78 is 5.31. The predicted octanol–water partition coefficient (Wildman–Crippen LogP) is 1.73. The summed E-state index contributed by atoms with van der Waals surface area (Å²) in [7, 11) is 4.06. The maximum Gasteiger partial charge on any atom is 0.0641 e. The lowest BCUT2D eigenvalue weighted by Crippen LogP contribution is -2.40. The van der Waals surface area contributed by atoms with Crippen molar-refractivity contribution < 1.29 is 4.74 Å². The maximum absolute atomic E-state index is 5.31. The van der Waals surface area contributed by atoms with Gasteiger partial charge in [0.25, 0.3) is 0 Å². The first kappa shape index (κ1) is 13.3. The SMILES string of the molecule is COCC1(C)CC(CC2CCCN(C)C2)CN1.